The van der Waals surface area contributed by atoms with Crippen molar-refractivity contribution in [1.82, 2.24) is 0 Å². The van der Waals surface area contributed by atoms with Gasteiger partial charge in [0.1, 0.15) is 55.4 Å². The van der Waals surface area contributed by atoms with Gasteiger partial charge in [-0.2, -0.15) is 0 Å². The number of ether oxygens (including phenoxy) is 6. The lowest BCUT2D eigenvalue weighted by Crippen LogP contribution is -2.61. The van der Waals surface area contributed by atoms with Crippen molar-refractivity contribution in [1.29, 1.82) is 0 Å². The molecule has 0 saturated carbocycles. The largest absolute Gasteiger partial charge is 0.462 e. The van der Waals surface area contributed by atoms with Gasteiger partial charge in [0.2, 0.25) is 0 Å². The second-order valence-electron chi connectivity index (χ2n) is 18.7. The van der Waals surface area contributed by atoms with Gasteiger partial charge in [-0.15, -0.1) is 0 Å². The number of aliphatic hydroxyl groups is 7. The van der Waals surface area contributed by atoms with Gasteiger partial charge < -0.3 is 64.2 Å². The Morgan fingerprint density at radius 2 is 0.838 bits per heavy atom. The lowest BCUT2D eigenvalue weighted by molar-refractivity contribution is -0.332. The summed E-state index contributed by atoms with van der Waals surface area (Å²) >= 11 is 0. The lowest BCUT2D eigenvalue weighted by atomic mass is 9.98. The van der Waals surface area contributed by atoms with Crippen LogP contribution >= 0.6 is 0 Å². The summed E-state index contributed by atoms with van der Waals surface area (Å²) in [6.45, 7) is 2.40. The molecule has 0 aliphatic carbocycles. The molecule has 420 valence electrons. The van der Waals surface area contributed by atoms with Gasteiger partial charge in [0.05, 0.1) is 19.8 Å². The predicted octanol–water partition coefficient (Wildman–Crippen LogP) is 8.71. The Morgan fingerprint density at radius 1 is 0.432 bits per heavy atom. The minimum Gasteiger partial charge on any atom is -0.462 e. The van der Waals surface area contributed by atoms with Gasteiger partial charge in [0, 0.05) is 12.8 Å². The van der Waals surface area contributed by atoms with E-state index in [2.05, 4.69) is 111 Å². The molecule has 2 aliphatic rings. The molecule has 11 atom stereocenters. The highest BCUT2D eigenvalue weighted by Gasteiger charge is 2.47. The number of hydrogen-bond donors (Lipinski definition) is 7. The van der Waals surface area contributed by atoms with Crippen molar-refractivity contribution in [3.05, 3.63) is 109 Å². The number of rotatable bonds is 41. The first kappa shape index (κ1) is 66.3. The van der Waals surface area contributed by atoms with E-state index in [1.165, 1.54) is 38.5 Å². The third-order valence-corrected chi connectivity index (χ3v) is 12.2. The van der Waals surface area contributed by atoms with E-state index in [9.17, 15) is 45.3 Å². The van der Waals surface area contributed by atoms with Gasteiger partial charge in [0.15, 0.2) is 18.7 Å². The second-order valence-corrected chi connectivity index (χ2v) is 18.7. The zero-order chi connectivity index (χ0) is 53.9. The molecular weight excluding hydrogens is 949 g/mol. The Labute approximate surface area is 442 Å². The first-order chi connectivity index (χ1) is 36.0. The molecule has 2 saturated heterocycles. The Hall–Kier alpha value is -3.84. The molecule has 0 bridgehead atoms. The highest BCUT2D eigenvalue weighted by Crippen LogP contribution is 2.26. The van der Waals surface area contributed by atoms with Crippen LogP contribution in [0.2, 0.25) is 0 Å². The average molecular weight is 1040 g/mol. The van der Waals surface area contributed by atoms with E-state index in [1.807, 2.05) is 12.2 Å². The summed E-state index contributed by atoms with van der Waals surface area (Å²) in [5.74, 6) is -1.07. The summed E-state index contributed by atoms with van der Waals surface area (Å²) in [5, 5.41) is 72.2. The normalized spacial score (nSPS) is 25.5. The van der Waals surface area contributed by atoms with Crippen LogP contribution in [0.25, 0.3) is 0 Å². The summed E-state index contributed by atoms with van der Waals surface area (Å²) < 4.78 is 33.5. The molecule has 4 unspecified atom stereocenters. The SMILES string of the molecule is CCCCC/C=C/C/C=C/C/C=C/C/C=C/C/C=C/CCC(=O)OC[C@@H](CO[C@@H]1O[C@H](CO[C@@H]2O[C@H](CO)[C@H](O)C(O)C2O)[C@H](O)C(O)C1O)OC(=O)CCCCC/C=C/C/C=C/C/C=C/C/C=C/CCCCC. The topological polar surface area (TPSA) is 231 Å². The summed E-state index contributed by atoms with van der Waals surface area (Å²) in [5.41, 5.74) is 0. The van der Waals surface area contributed by atoms with Gasteiger partial charge in [-0.1, -0.05) is 155 Å². The minimum atomic E-state index is -1.79. The van der Waals surface area contributed by atoms with Crippen LogP contribution in [0, 0.1) is 0 Å². The molecule has 0 spiro atoms. The monoisotopic (exact) mass is 1040 g/mol. The van der Waals surface area contributed by atoms with Gasteiger partial charge >= 0.3 is 11.9 Å². The molecule has 15 heteroatoms. The fourth-order valence-corrected chi connectivity index (χ4v) is 7.71. The first-order valence-corrected chi connectivity index (χ1v) is 27.5. The minimum absolute atomic E-state index is 0.0801. The molecule has 0 radical (unpaired) electrons. The van der Waals surface area contributed by atoms with Crippen LogP contribution in [0.15, 0.2) is 109 Å². The highest BCUT2D eigenvalue weighted by atomic mass is 16.7. The molecule has 7 N–H and O–H groups in total. The number of unbranched alkanes of at least 4 members (excludes halogenated alkanes) is 9. The summed E-state index contributed by atoms with van der Waals surface area (Å²) in [6.07, 6.45) is 41.2. The van der Waals surface area contributed by atoms with Crippen molar-refractivity contribution in [2.24, 2.45) is 0 Å². The molecule has 0 amide bonds. The zero-order valence-corrected chi connectivity index (χ0v) is 44.5. The quantitative estimate of drug-likeness (QED) is 0.0173. The van der Waals surface area contributed by atoms with E-state index in [0.29, 0.717) is 12.8 Å². The molecule has 0 aromatic carbocycles. The van der Waals surface area contributed by atoms with Gasteiger partial charge in [-0.05, 0) is 96.3 Å². The summed E-state index contributed by atoms with van der Waals surface area (Å²) in [6, 6.07) is 0. The van der Waals surface area contributed by atoms with E-state index in [0.717, 1.165) is 77.0 Å². The molecule has 2 heterocycles. The predicted molar refractivity (Wildman–Crippen MR) is 288 cm³/mol. The van der Waals surface area contributed by atoms with Gasteiger partial charge in [-0.25, -0.2) is 0 Å². The van der Waals surface area contributed by atoms with Crippen LogP contribution in [-0.4, -0.2) is 142 Å². The van der Waals surface area contributed by atoms with Gasteiger partial charge in [0.25, 0.3) is 0 Å². The number of carbonyl (C=O) groups excluding carboxylic acids is 2. The van der Waals surface area contributed by atoms with Crippen LogP contribution in [0.1, 0.15) is 155 Å². The second kappa shape index (κ2) is 44.3. The standard InChI is InChI=1S/C59H94O15/c1-3-5-7-9-11-13-15-17-19-21-23-25-27-29-31-33-35-37-39-41-50(61)69-44-47(72-51(62)42-40-38-36-34-32-30-28-26-24-22-20-18-16-14-12-10-8-6-4-2)45-70-58-57(68)55(66)53(64)49(74-58)46-71-59-56(67)54(65)52(63)48(43-60)73-59/h11-14,17-20,23-26,29-32,35,37,47-49,52-60,63-68H,3-10,15-16,21-22,27-28,33-34,36,38-46H2,1-2H3/b13-11+,14-12+,19-17+,20-18+,25-23+,26-24+,31-29+,32-30+,37-35+/t47-,48+,49+,52-,53-,54?,55?,56?,57?,58+,59+/m0/s1. The van der Waals surface area contributed by atoms with E-state index < -0.39 is 99.3 Å². The fourth-order valence-electron chi connectivity index (χ4n) is 7.71. The number of carbonyl (C=O) groups is 2. The number of hydrogen-bond acceptors (Lipinski definition) is 15. The van der Waals surface area contributed by atoms with Crippen LogP contribution in [-0.2, 0) is 38.0 Å². The van der Waals surface area contributed by atoms with E-state index in [1.54, 1.807) is 0 Å². The third-order valence-electron chi connectivity index (χ3n) is 12.2. The average Bonchev–Trinajstić information content (AvgIpc) is 3.39. The van der Waals surface area contributed by atoms with Crippen molar-refractivity contribution < 1.29 is 73.8 Å². The van der Waals surface area contributed by atoms with Crippen LogP contribution in [0.4, 0.5) is 0 Å². The smallest absolute Gasteiger partial charge is 0.306 e. The summed E-state index contributed by atoms with van der Waals surface area (Å²) in [7, 11) is 0. The molecule has 2 aliphatic heterocycles. The summed E-state index contributed by atoms with van der Waals surface area (Å²) in [4.78, 5) is 25.8. The van der Waals surface area contributed by atoms with Gasteiger partial charge in [-0.3, -0.25) is 9.59 Å². The van der Waals surface area contributed by atoms with Crippen LogP contribution in [0.3, 0.4) is 0 Å². The first-order valence-electron chi connectivity index (χ1n) is 27.5. The highest BCUT2D eigenvalue weighted by molar-refractivity contribution is 5.70. The Morgan fingerprint density at radius 3 is 1.30 bits per heavy atom. The zero-order valence-electron chi connectivity index (χ0n) is 44.5. The van der Waals surface area contributed by atoms with Crippen molar-refractivity contribution in [2.75, 3.05) is 26.4 Å². The van der Waals surface area contributed by atoms with E-state index >= 15 is 0 Å². The Kier molecular flexibility index (Phi) is 39.7. The Bertz CT molecular complexity index is 1700. The Balaban J connectivity index is 1.84. The third kappa shape index (κ3) is 31.3. The number of allylic oxidation sites excluding steroid dienone is 18. The maximum Gasteiger partial charge on any atom is 0.306 e. The molecule has 74 heavy (non-hydrogen) atoms. The van der Waals surface area contributed by atoms with E-state index in [4.69, 9.17) is 28.4 Å². The van der Waals surface area contributed by atoms with Crippen LogP contribution < -0.4 is 0 Å². The number of aliphatic hydroxyl groups excluding tert-OH is 7. The maximum atomic E-state index is 13.0. The van der Waals surface area contributed by atoms with Crippen LogP contribution in [0.5, 0.6) is 0 Å². The molecule has 2 fully saturated rings. The molecule has 2 rings (SSSR count). The van der Waals surface area contributed by atoms with Crippen molar-refractivity contribution in [2.45, 2.75) is 223 Å². The van der Waals surface area contributed by atoms with Crippen molar-refractivity contribution in [3.8, 4) is 0 Å². The lowest BCUT2D eigenvalue weighted by Gasteiger charge is -2.42. The molecule has 0 aromatic rings. The fraction of sp³-hybridized carbons (Fsp3) is 0.661. The molecule has 15 nitrogen and oxygen atoms in total. The van der Waals surface area contributed by atoms with E-state index in [-0.39, 0.29) is 19.4 Å². The molecule has 0 aromatic heterocycles. The molecular formula is C59H94O15. The number of esters is 2. The van der Waals surface area contributed by atoms with Crippen molar-refractivity contribution >= 4 is 11.9 Å². The van der Waals surface area contributed by atoms with Crippen molar-refractivity contribution in [3.63, 3.8) is 0 Å². The maximum absolute atomic E-state index is 13.0.